The van der Waals surface area contributed by atoms with E-state index in [1.807, 2.05) is 0 Å². The van der Waals surface area contributed by atoms with Gasteiger partial charge < -0.3 is 5.32 Å². The molecule has 0 aromatic rings. The van der Waals surface area contributed by atoms with Gasteiger partial charge in [-0.25, -0.2) is 13.1 Å². The standard InChI is InChI=1S/C14H28N2O2S/c1-14(2)8-4-3-7-13(14)16-19(17,18)11-12-6-5-9-15-10-12/h12-13,15-16H,3-11H2,1-2H3. The van der Waals surface area contributed by atoms with Gasteiger partial charge in [-0.15, -0.1) is 0 Å². The molecule has 5 heteroatoms. The fourth-order valence-electron chi connectivity index (χ4n) is 3.35. The molecule has 4 nitrogen and oxygen atoms in total. The molecule has 0 spiro atoms. The predicted octanol–water partition coefficient (Wildman–Crippen LogP) is 1.87. The van der Waals surface area contributed by atoms with Gasteiger partial charge in [-0.3, -0.25) is 0 Å². The van der Waals surface area contributed by atoms with Gasteiger partial charge in [0.2, 0.25) is 10.0 Å². The van der Waals surface area contributed by atoms with E-state index in [9.17, 15) is 8.42 Å². The lowest BCUT2D eigenvalue weighted by molar-refractivity contribution is 0.188. The molecule has 1 saturated carbocycles. The number of hydrogen-bond donors (Lipinski definition) is 2. The zero-order chi connectivity index (χ0) is 13.9. The number of nitrogens with one attached hydrogen (secondary N) is 2. The van der Waals surface area contributed by atoms with Crippen LogP contribution in [0.5, 0.6) is 0 Å². The number of sulfonamides is 1. The first kappa shape index (κ1) is 15.3. The first-order chi connectivity index (χ1) is 8.89. The maximum Gasteiger partial charge on any atom is 0.212 e. The maximum absolute atomic E-state index is 12.3. The van der Waals surface area contributed by atoms with E-state index >= 15 is 0 Å². The molecule has 2 fully saturated rings. The molecule has 2 atom stereocenters. The highest BCUT2D eigenvalue weighted by Crippen LogP contribution is 2.35. The summed E-state index contributed by atoms with van der Waals surface area (Å²) >= 11 is 0. The van der Waals surface area contributed by atoms with E-state index in [1.54, 1.807) is 0 Å². The van der Waals surface area contributed by atoms with Gasteiger partial charge in [0.25, 0.3) is 0 Å². The molecule has 2 unspecified atom stereocenters. The third-order valence-electron chi connectivity index (χ3n) is 4.68. The topological polar surface area (TPSA) is 58.2 Å². The second-order valence-corrected chi connectivity index (χ2v) is 8.70. The SMILES string of the molecule is CC1(C)CCCCC1NS(=O)(=O)CC1CCCNC1. The lowest BCUT2D eigenvalue weighted by Gasteiger charge is -2.39. The van der Waals surface area contributed by atoms with Crippen LogP contribution in [0.1, 0.15) is 52.4 Å². The summed E-state index contributed by atoms with van der Waals surface area (Å²) in [6.45, 7) is 6.23. The first-order valence-electron chi connectivity index (χ1n) is 7.60. The Kier molecular flexibility index (Phi) is 4.90. The minimum Gasteiger partial charge on any atom is -0.316 e. The van der Waals surface area contributed by atoms with E-state index in [0.29, 0.717) is 0 Å². The summed E-state index contributed by atoms with van der Waals surface area (Å²) in [5.41, 5.74) is 0.0934. The summed E-state index contributed by atoms with van der Waals surface area (Å²) in [5.74, 6) is 0.560. The highest BCUT2D eigenvalue weighted by molar-refractivity contribution is 7.89. The predicted molar refractivity (Wildman–Crippen MR) is 78.6 cm³/mol. The van der Waals surface area contributed by atoms with Gasteiger partial charge in [0, 0.05) is 6.04 Å². The molecule has 2 aliphatic rings. The monoisotopic (exact) mass is 288 g/mol. The second-order valence-electron chi connectivity index (χ2n) is 6.90. The van der Waals surface area contributed by atoms with Crippen molar-refractivity contribution in [2.45, 2.75) is 58.4 Å². The van der Waals surface area contributed by atoms with Crippen molar-refractivity contribution in [2.75, 3.05) is 18.8 Å². The Hall–Kier alpha value is -0.130. The molecule has 1 aliphatic carbocycles. The van der Waals surface area contributed by atoms with Gasteiger partial charge in [-0.05, 0) is 50.1 Å². The average molecular weight is 288 g/mol. The van der Waals surface area contributed by atoms with Gasteiger partial charge in [-0.1, -0.05) is 26.7 Å². The third kappa shape index (κ3) is 4.43. The van der Waals surface area contributed by atoms with Crippen LogP contribution in [-0.4, -0.2) is 33.3 Å². The quantitative estimate of drug-likeness (QED) is 0.830. The number of rotatable bonds is 4. The summed E-state index contributed by atoms with van der Waals surface area (Å²) in [5, 5.41) is 3.29. The van der Waals surface area contributed by atoms with Crippen molar-refractivity contribution in [1.82, 2.24) is 10.0 Å². The van der Waals surface area contributed by atoms with Gasteiger partial charge in [-0.2, -0.15) is 0 Å². The van der Waals surface area contributed by atoms with Crippen molar-refractivity contribution >= 4 is 10.0 Å². The van der Waals surface area contributed by atoms with E-state index < -0.39 is 10.0 Å². The lowest BCUT2D eigenvalue weighted by Crippen LogP contribution is -2.48. The van der Waals surface area contributed by atoms with Crippen molar-refractivity contribution in [2.24, 2.45) is 11.3 Å². The normalized spacial score (nSPS) is 32.1. The van der Waals surface area contributed by atoms with E-state index in [0.717, 1.165) is 45.2 Å². The Morgan fingerprint density at radius 2 is 2.00 bits per heavy atom. The van der Waals surface area contributed by atoms with E-state index in [1.165, 1.54) is 6.42 Å². The highest BCUT2D eigenvalue weighted by atomic mass is 32.2. The Balaban J connectivity index is 1.92. The van der Waals surface area contributed by atoms with Gasteiger partial charge >= 0.3 is 0 Å². The largest absolute Gasteiger partial charge is 0.316 e. The summed E-state index contributed by atoms with van der Waals surface area (Å²) in [6.07, 6.45) is 6.58. The first-order valence-corrected chi connectivity index (χ1v) is 9.25. The van der Waals surface area contributed by atoms with E-state index in [4.69, 9.17) is 0 Å². The van der Waals surface area contributed by atoms with Crippen LogP contribution >= 0.6 is 0 Å². The van der Waals surface area contributed by atoms with Gasteiger partial charge in [0.15, 0.2) is 0 Å². The summed E-state index contributed by atoms with van der Waals surface area (Å²) in [6, 6.07) is 0.114. The molecule has 0 aromatic heterocycles. The van der Waals surface area contributed by atoms with Crippen molar-refractivity contribution in [1.29, 1.82) is 0 Å². The van der Waals surface area contributed by atoms with Gasteiger partial charge in [0.1, 0.15) is 0 Å². The lowest BCUT2D eigenvalue weighted by atomic mass is 9.74. The fraction of sp³-hybridized carbons (Fsp3) is 1.00. The Bertz CT molecular complexity index is 386. The van der Waals surface area contributed by atoms with Crippen LogP contribution in [0.2, 0.25) is 0 Å². The Labute approximate surface area is 117 Å². The molecule has 1 heterocycles. The molecule has 19 heavy (non-hydrogen) atoms. The minimum absolute atomic E-state index is 0.0934. The minimum atomic E-state index is -3.14. The summed E-state index contributed by atoms with van der Waals surface area (Å²) < 4.78 is 27.6. The zero-order valence-corrected chi connectivity index (χ0v) is 13.1. The van der Waals surface area contributed by atoms with E-state index in [-0.39, 0.29) is 23.1 Å². The van der Waals surface area contributed by atoms with Crippen molar-refractivity contribution in [3.63, 3.8) is 0 Å². The highest BCUT2D eigenvalue weighted by Gasteiger charge is 2.35. The van der Waals surface area contributed by atoms with E-state index in [2.05, 4.69) is 23.9 Å². The summed E-state index contributed by atoms with van der Waals surface area (Å²) in [7, 11) is -3.14. The fourth-order valence-corrected chi connectivity index (χ4v) is 5.23. The Morgan fingerprint density at radius 3 is 2.63 bits per heavy atom. The summed E-state index contributed by atoms with van der Waals surface area (Å²) in [4.78, 5) is 0. The van der Waals surface area contributed by atoms with Crippen molar-refractivity contribution in [3.05, 3.63) is 0 Å². The molecule has 1 aliphatic heterocycles. The van der Waals surface area contributed by atoms with Crippen LogP contribution < -0.4 is 10.0 Å². The molecule has 112 valence electrons. The molecule has 0 radical (unpaired) electrons. The van der Waals surface area contributed by atoms with Crippen LogP contribution in [0.4, 0.5) is 0 Å². The second kappa shape index (κ2) is 6.10. The molecule has 0 aromatic carbocycles. The van der Waals surface area contributed by atoms with Crippen LogP contribution in [0.3, 0.4) is 0 Å². The van der Waals surface area contributed by atoms with Crippen LogP contribution in [0.15, 0.2) is 0 Å². The molecule has 2 N–H and O–H groups in total. The Morgan fingerprint density at radius 1 is 1.21 bits per heavy atom. The molecule has 1 saturated heterocycles. The van der Waals surface area contributed by atoms with Crippen LogP contribution in [0, 0.1) is 11.3 Å². The smallest absolute Gasteiger partial charge is 0.212 e. The van der Waals surface area contributed by atoms with Crippen LogP contribution in [0.25, 0.3) is 0 Å². The van der Waals surface area contributed by atoms with Crippen molar-refractivity contribution < 1.29 is 8.42 Å². The third-order valence-corrected chi connectivity index (χ3v) is 6.24. The maximum atomic E-state index is 12.3. The molecular weight excluding hydrogens is 260 g/mol. The number of hydrogen-bond acceptors (Lipinski definition) is 3. The van der Waals surface area contributed by atoms with Gasteiger partial charge in [0.05, 0.1) is 5.75 Å². The zero-order valence-electron chi connectivity index (χ0n) is 12.2. The molecular formula is C14H28N2O2S. The molecule has 2 rings (SSSR count). The molecule has 0 amide bonds. The molecule has 0 bridgehead atoms. The van der Waals surface area contributed by atoms with Crippen molar-refractivity contribution in [3.8, 4) is 0 Å². The average Bonchev–Trinajstić information content (AvgIpc) is 2.32. The number of piperidine rings is 1. The van der Waals surface area contributed by atoms with Crippen LogP contribution in [-0.2, 0) is 10.0 Å².